The highest BCUT2D eigenvalue weighted by molar-refractivity contribution is 6.24. The number of para-hydroxylation sites is 1. The number of carbonyl (C=O) groups excluding carboxylic acids is 4. The molecule has 6 rings (SSSR count). The highest BCUT2D eigenvalue weighted by Crippen LogP contribution is 2.44. The normalized spacial score (nSPS) is 24.6. The summed E-state index contributed by atoms with van der Waals surface area (Å²) < 4.78 is 0. The van der Waals surface area contributed by atoms with E-state index in [2.05, 4.69) is 33.7 Å². The number of amides is 4. The maximum absolute atomic E-state index is 13.5. The Morgan fingerprint density at radius 1 is 0.886 bits per heavy atom. The summed E-state index contributed by atoms with van der Waals surface area (Å²) in [6, 6.07) is 12.9. The molecule has 2 N–H and O–H groups in total. The topological polar surface area (TPSA) is 98.8 Å². The molecule has 2 unspecified atom stereocenters. The molecule has 8 heteroatoms. The highest BCUT2D eigenvalue weighted by atomic mass is 16.2. The summed E-state index contributed by atoms with van der Waals surface area (Å²) in [6.07, 6.45) is 2.57. The number of anilines is 1. The average molecular weight is 473 g/mol. The van der Waals surface area contributed by atoms with Gasteiger partial charge in [-0.1, -0.05) is 30.3 Å². The fourth-order valence-electron chi connectivity index (χ4n) is 6.24. The van der Waals surface area contributed by atoms with Crippen LogP contribution in [0.4, 0.5) is 5.69 Å². The number of hydrogen-bond donors (Lipinski definition) is 2. The van der Waals surface area contributed by atoms with Crippen LogP contribution in [0.2, 0.25) is 0 Å². The van der Waals surface area contributed by atoms with Crippen LogP contribution in [0, 0.1) is 5.92 Å². The van der Waals surface area contributed by atoms with Crippen molar-refractivity contribution in [2.24, 2.45) is 5.92 Å². The Bertz CT molecular complexity index is 1240. The van der Waals surface area contributed by atoms with E-state index in [-0.39, 0.29) is 18.7 Å². The highest BCUT2D eigenvalue weighted by Gasteiger charge is 2.46. The zero-order valence-corrected chi connectivity index (χ0v) is 19.5. The molecule has 4 amide bonds. The molecule has 180 valence electrons. The smallest absolute Gasteiger partial charge is 0.262 e. The van der Waals surface area contributed by atoms with Crippen molar-refractivity contribution in [1.82, 2.24) is 15.5 Å². The fraction of sp³-hybridized carbons (Fsp3) is 0.407. The van der Waals surface area contributed by atoms with Gasteiger partial charge in [-0.05, 0) is 61.5 Å². The van der Waals surface area contributed by atoms with Crippen molar-refractivity contribution >= 4 is 29.3 Å². The Hall–Kier alpha value is -3.52. The zero-order chi connectivity index (χ0) is 24.1. The monoisotopic (exact) mass is 472 g/mol. The van der Waals surface area contributed by atoms with E-state index in [0.717, 1.165) is 42.9 Å². The fourth-order valence-corrected chi connectivity index (χ4v) is 6.24. The molecular formula is C27H28N4O4. The van der Waals surface area contributed by atoms with E-state index in [4.69, 9.17) is 0 Å². The van der Waals surface area contributed by atoms with E-state index in [1.165, 1.54) is 11.3 Å². The largest absolute Gasteiger partial charge is 0.366 e. The summed E-state index contributed by atoms with van der Waals surface area (Å²) >= 11 is 0. The zero-order valence-electron chi connectivity index (χ0n) is 19.5. The molecule has 4 heterocycles. The number of benzene rings is 2. The summed E-state index contributed by atoms with van der Waals surface area (Å²) in [5.41, 5.74) is 4.05. The van der Waals surface area contributed by atoms with Crippen molar-refractivity contribution < 1.29 is 19.2 Å². The summed E-state index contributed by atoms with van der Waals surface area (Å²) in [5, 5.41) is 5.71. The minimum Gasteiger partial charge on any atom is -0.366 e. The number of nitrogens with one attached hydrogen (secondary N) is 2. The molecule has 2 fully saturated rings. The minimum atomic E-state index is -0.954. The molecule has 2 aromatic rings. The Morgan fingerprint density at radius 3 is 2.49 bits per heavy atom. The molecule has 0 bridgehead atoms. The molecule has 0 aliphatic carbocycles. The first kappa shape index (κ1) is 22.0. The van der Waals surface area contributed by atoms with E-state index in [0.29, 0.717) is 29.5 Å². The van der Waals surface area contributed by atoms with Crippen LogP contribution in [0.25, 0.3) is 0 Å². The third kappa shape index (κ3) is 3.63. The SMILES string of the molecule is O=C1CCC(N2C(=O)c3cccc(CN4CC(C5CCNCC5)c5ccccc54)c3C2=O)C(=O)N1. The molecule has 2 saturated heterocycles. The van der Waals surface area contributed by atoms with Crippen LogP contribution < -0.4 is 15.5 Å². The molecule has 0 radical (unpaired) electrons. The Morgan fingerprint density at radius 2 is 1.69 bits per heavy atom. The van der Waals surface area contributed by atoms with Crippen LogP contribution in [0.15, 0.2) is 42.5 Å². The van der Waals surface area contributed by atoms with E-state index in [9.17, 15) is 19.2 Å². The lowest BCUT2D eigenvalue weighted by Crippen LogP contribution is -2.54. The second kappa shape index (κ2) is 8.61. The lowest BCUT2D eigenvalue weighted by Gasteiger charge is -2.29. The quantitative estimate of drug-likeness (QED) is 0.662. The van der Waals surface area contributed by atoms with Gasteiger partial charge in [0, 0.05) is 31.1 Å². The van der Waals surface area contributed by atoms with E-state index in [1.54, 1.807) is 12.1 Å². The van der Waals surface area contributed by atoms with Gasteiger partial charge in [-0.15, -0.1) is 0 Å². The number of piperidine rings is 2. The molecular weight excluding hydrogens is 444 g/mol. The maximum Gasteiger partial charge on any atom is 0.262 e. The summed E-state index contributed by atoms with van der Waals surface area (Å²) in [5.74, 6) is -0.805. The number of rotatable bonds is 4. The Balaban J connectivity index is 1.29. The summed E-state index contributed by atoms with van der Waals surface area (Å²) in [4.78, 5) is 54.1. The molecule has 35 heavy (non-hydrogen) atoms. The van der Waals surface area contributed by atoms with Gasteiger partial charge in [-0.25, -0.2) is 0 Å². The van der Waals surface area contributed by atoms with Gasteiger partial charge in [0.15, 0.2) is 0 Å². The van der Waals surface area contributed by atoms with Gasteiger partial charge >= 0.3 is 0 Å². The van der Waals surface area contributed by atoms with Crippen molar-refractivity contribution in [2.75, 3.05) is 24.5 Å². The van der Waals surface area contributed by atoms with Gasteiger partial charge in [0.05, 0.1) is 11.1 Å². The van der Waals surface area contributed by atoms with E-state index >= 15 is 0 Å². The summed E-state index contributed by atoms with van der Waals surface area (Å²) in [7, 11) is 0. The predicted molar refractivity (Wildman–Crippen MR) is 129 cm³/mol. The van der Waals surface area contributed by atoms with Gasteiger partial charge < -0.3 is 10.2 Å². The number of imide groups is 2. The molecule has 0 saturated carbocycles. The Kier molecular flexibility index (Phi) is 5.40. The predicted octanol–water partition coefficient (Wildman–Crippen LogP) is 2.19. The number of hydrogen-bond acceptors (Lipinski definition) is 6. The number of fused-ring (bicyclic) bond motifs is 2. The maximum atomic E-state index is 13.5. The van der Waals surface area contributed by atoms with Gasteiger partial charge in [0.25, 0.3) is 11.8 Å². The van der Waals surface area contributed by atoms with Gasteiger partial charge in [0.1, 0.15) is 6.04 Å². The van der Waals surface area contributed by atoms with Gasteiger partial charge in [-0.3, -0.25) is 29.4 Å². The first-order valence-corrected chi connectivity index (χ1v) is 12.4. The van der Waals surface area contributed by atoms with Crippen LogP contribution in [0.5, 0.6) is 0 Å². The standard InChI is InChI=1S/C27H28N4O4/c32-23-9-8-22(25(33)29-23)31-26(34)19-6-3-4-17(24(19)27(31)35)14-30-15-20(16-10-12-28-13-11-16)18-5-1-2-7-21(18)30/h1-7,16,20,22,28H,8-15H2,(H,29,32,33). The third-order valence-corrected chi connectivity index (χ3v) is 7.96. The first-order valence-electron chi connectivity index (χ1n) is 12.4. The van der Waals surface area contributed by atoms with Crippen molar-refractivity contribution in [2.45, 2.75) is 44.2 Å². The number of carbonyl (C=O) groups is 4. The van der Waals surface area contributed by atoms with Crippen LogP contribution in [-0.2, 0) is 16.1 Å². The van der Waals surface area contributed by atoms with E-state index < -0.39 is 23.8 Å². The van der Waals surface area contributed by atoms with Crippen LogP contribution in [0.3, 0.4) is 0 Å². The average Bonchev–Trinajstić information content (AvgIpc) is 3.36. The van der Waals surface area contributed by atoms with Crippen molar-refractivity contribution in [3.8, 4) is 0 Å². The van der Waals surface area contributed by atoms with Crippen LogP contribution in [-0.4, -0.2) is 54.2 Å². The first-order chi connectivity index (χ1) is 17.0. The lowest BCUT2D eigenvalue weighted by atomic mass is 9.82. The lowest BCUT2D eigenvalue weighted by molar-refractivity contribution is -0.136. The van der Waals surface area contributed by atoms with Crippen molar-refractivity contribution in [3.05, 3.63) is 64.7 Å². The van der Waals surface area contributed by atoms with Crippen molar-refractivity contribution in [3.63, 3.8) is 0 Å². The molecule has 2 aromatic carbocycles. The van der Waals surface area contributed by atoms with Crippen LogP contribution >= 0.6 is 0 Å². The molecule has 4 aliphatic rings. The van der Waals surface area contributed by atoms with Gasteiger partial charge in [0.2, 0.25) is 11.8 Å². The van der Waals surface area contributed by atoms with Crippen LogP contribution in [0.1, 0.15) is 63.4 Å². The molecule has 8 nitrogen and oxygen atoms in total. The summed E-state index contributed by atoms with van der Waals surface area (Å²) in [6.45, 7) is 3.49. The Labute approximate surface area is 203 Å². The molecule has 2 atom stereocenters. The second-order valence-electron chi connectivity index (χ2n) is 9.92. The molecule has 0 aromatic heterocycles. The van der Waals surface area contributed by atoms with Crippen molar-refractivity contribution in [1.29, 1.82) is 0 Å². The van der Waals surface area contributed by atoms with Gasteiger partial charge in [-0.2, -0.15) is 0 Å². The minimum absolute atomic E-state index is 0.110. The van der Waals surface area contributed by atoms with E-state index in [1.807, 2.05) is 12.1 Å². The second-order valence-corrected chi connectivity index (χ2v) is 9.92. The number of nitrogens with zero attached hydrogens (tertiary/aromatic N) is 2. The molecule has 0 spiro atoms. The molecule has 4 aliphatic heterocycles. The third-order valence-electron chi connectivity index (χ3n) is 7.96.